The lowest BCUT2D eigenvalue weighted by molar-refractivity contribution is 0.391. The summed E-state index contributed by atoms with van der Waals surface area (Å²) >= 11 is 5.48. The van der Waals surface area contributed by atoms with E-state index in [-0.39, 0.29) is 0 Å². The Kier molecular flexibility index (Phi) is 4.58. The molecule has 82 valence electrons. The van der Waals surface area contributed by atoms with Crippen LogP contribution in [0.4, 0.5) is 0 Å². The molecule has 2 heteroatoms. The molecule has 0 aromatic heterocycles. The lowest BCUT2D eigenvalue weighted by Crippen LogP contribution is -2.08. The van der Waals surface area contributed by atoms with E-state index in [0.717, 1.165) is 5.92 Å². The van der Waals surface area contributed by atoms with Gasteiger partial charge in [0.15, 0.2) is 0 Å². The van der Waals surface area contributed by atoms with Crippen LogP contribution < -0.4 is 0 Å². The molecule has 0 saturated heterocycles. The zero-order valence-electron chi connectivity index (χ0n) is 8.92. The first kappa shape index (κ1) is 11.5. The molecule has 0 spiro atoms. The number of benzene rings is 1. The summed E-state index contributed by atoms with van der Waals surface area (Å²) in [5, 5.41) is 0. The summed E-state index contributed by atoms with van der Waals surface area (Å²) in [5.74, 6) is 2.27. The molecular weight excluding hydrogens is 268 g/mol. The molecule has 0 bridgehead atoms. The maximum absolute atomic E-state index is 3.46. The highest BCUT2D eigenvalue weighted by Gasteiger charge is 2.13. The quantitative estimate of drug-likeness (QED) is 0.694. The second-order valence-corrected chi connectivity index (χ2v) is 6.28. The molecule has 0 unspecified atom stereocenters. The standard InChI is InChI=1S/C13H17BrS/c14-12-6-8-13(9-7-12)15-10-11-4-2-1-3-5-11/h6-9,11H,1-5,10H2. The third kappa shape index (κ3) is 3.84. The predicted molar refractivity (Wildman–Crippen MR) is 71.4 cm³/mol. The van der Waals surface area contributed by atoms with Gasteiger partial charge in [0.2, 0.25) is 0 Å². The minimum Gasteiger partial charge on any atom is -0.126 e. The molecule has 15 heavy (non-hydrogen) atoms. The number of halogens is 1. The van der Waals surface area contributed by atoms with Gasteiger partial charge < -0.3 is 0 Å². The van der Waals surface area contributed by atoms with Crippen molar-refractivity contribution < 1.29 is 0 Å². The first-order valence-electron chi connectivity index (χ1n) is 5.73. The molecule has 0 aliphatic heterocycles. The van der Waals surface area contributed by atoms with Gasteiger partial charge in [-0.15, -0.1) is 11.8 Å². The SMILES string of the molecule is Brc1ccc(SCC2CCCCC2)cc1. The highest BCUT2D eigenvalue weighted by Crippen LogP contribution is 2.30. The largest absolute Gasteiger partial charge is 0.126 e. The molecule has 1 saturated carbocycles. The average molecular weight is 285 g/mol. The van der Waals surface area contributed by atoms with Crippen molar-refractivity contribution in [3.05, 3.63) is 28.7 Å². The van der Waals surface area contributed by atoms with Gasteiger partial charge in [-0.05, 0) is 43.0 Å². The number of hydrogen-bond donors (Lipinski definition) is 0. The molecule has 0 heterocycles. The molecule has 1 aliphatic rings. The highest BCUT2D eigenvalue weighted by molar-refractivity contribution is 9.10. The van der Waals surface area contributed by atoms with Crippen molar-refractivity contribution in [1.82, 2.24) is 0 Å². The fourth-order valence-corrected chi connectivity index (χ4v) is 3.45. The van der Waals surface area contributed by atoms with Gasteiger partial charge in [-0.1, -0.05) is 35.2 Å². The first-order chi connectivity index (χ1) is 7.34. The topological polar surface area (TPSA) is 0 Å². The van der Waals surface area contributed by atoms with Gasteiger partial charge in [0, 0.05) is 15.1 Å². The van der Waals surface area contributed by atoms with Crippen molar-refractivity contribution in [2.24, 2.45) is 5.92 Å². The summed E-state index contributed by atoms with van der Waals surface area (Å²) < 4.78 is 1.17. The minimum atomic E-state index is 0.965. The second-order valence-electron chi connectivity index (χ2n) is 4.27. The first-order valence-corrected chi connectivity index (χ1v) is 7.51. The third-order valence-electron chi connectivity index (χ3n) is 3.02. The van der Waals surface area contributed by atoms with Crippen LogP contribution in [0.15, 0.2) is 33.6 Å². The molecule has 0 radical (unpaired) electrons. The van der Waals surface area contributed by atoms with E-state index < -0.39 is 0 Å². The van der Waals surface area contributed by atoms with Crippen LogP contribution in [0.5, 0.6) is 0 Å². The van der Waals surface area contributed by atoms with Crippen molar-refractivity contribution in [2.45, 2.75) is 37.0 Å². The van der Waals surface area contributed by atoms with Crippen LogP contribution in [0.2, 0.25) is 0 Å². The fraction of sp³-hybridized carbons (Fsp3) is 0.538. The maximum atomic E-state index is 3.46. The molecule has 1 aromatic rings. The Morgan fingerprint density at radius 1 is 1.07 bits per heavy atom. The summed E-state index contributed by atoms with van der Waals surface area (Å²) in [6.45, 7) is 0. The smallest absolute Gasteiger partial charge is 0.0176 e. The second kappa shape index (κ2) is 5.95. The van der Waals surface area contributed by atoms with E-state index in [1.54, 1.807) is 0 Å². The Bertz CT molecular complexity index is 288. The Balaban J connectivity index is 1.79. The van der Waals surface area contributed by atoms with Crippen LogP contribution in [-0.2, 0) is 0 Å². The molecule has 2 rings (SSSR count). The fourth-order valence-electron chi connectivity index (χ4n) is 2.10. The number of rotatable bonds is 3. The van der Waals surface area contributed by atoms with E-state index in [1.165, 1.54) is 47.2 Å². The van der Waals surface area contributed by atoms with Crippen molar-refractivity contribution in [3.8, 4) is 0 Å². The van der Waals surface area contributed by atoms with Gasteiger partial charge >= 0.3 is 0 Å². The van der Waals surface area contributed by atoms with Gasteiger partial charge in [-0.25, -0.2) is 0 Å². The zero-order chi connectivity index (χ0) is 10.5. The normalized spacial score (nSPS) is 17.9. The van der Waals surface area contributed by atoms with Crippen LogP contribution in [0.25, 0.3) is 0 Å². The Morgan fingerprint density at radius 3 is 2.40 bits per heavy atom. The summed E-state index contributed by atoms with van der Waals surface area (Å²) in [5.41, 5.74) is 0. The lowest BCUT2D eigenvalue weighted by atomic mass is 9.91. The molecule has 1 fully saturated rings. The maximum Gasteiger partial charge on any atom is 0.0176 e. The lowest BCUT2D eigenvalue weighted by Gasteiger charge is -2.20. The van der Waals surface area contributed by atoms with E-state index in [2.05, 4.69) is 40.2 Å². The van der Waals surface area contributed by atoms with Crippen molar-refractivity contribution in [3.63, 3.8) is 0 Å². The van der Waals surface area contributed by atoms with Gasteiger partial charge in [-0.2, -0.15) is 0 Å². The average Bonchev–Trinajstić information content (AvgIpc) is 2.30. The van der Waals surface area contributed by atoms with Crippen molar-refractivity contribution in [2.75, 3.05) is 5.75 Å². The summed E-state index contributed by atoms with van der Waals surface area (Å²) in [6.07, 6.45) is 7.25. The van der Waals surface area contributed by atoms with Crippen molar-refractivity contribution in [1.29, 1.82) is 0 Å². The Labute approximate surface area is 105 Å². The third-order valence-corrected chi connectivity index (χ3v) is 4.80. The molecule has 1 aliphatic carbocycles. The van der Waals surface area contributed by atoms with Crippen molar-refractivity contribution >= 4 is 27.7 Å². The molecule has 0 atom stereocenters. The monoisotopic (exact) mass is 284 g/mol. The van der Waals surface area contributed by atoms with Crippen LogP contribution in [0, 0.1) is 5.92 Å². The molecule has 0 nitrogen and oxygen atoms in total. The van der Waals surface area contributed by atoms with E-state index in [0.29, 0.717) is 0 Å². The Hall–Kier alpha value is 0.0500. The zero-order valence-corrected chi connectivity index (χ0v) is 11.3. The van der Waals surface area contributed by atoms with Crippen LogP contribution >= 0.6 is 27.7 Å². The molecular formula is C13H17BrS. The van der Waals surface area contributed by atoms with E-state index in [1.807, 2.05) is 11.8 Å². The van der Waals surface area contributed by atoms with E-state index in [9.17, 15) is 0 Å². The van der Waals surface area contributed by atoms with Gasteiger partial charge in [0.05, 0.1) is 0 Å². The van der Waals surface area contributed by atoms with Gasteiger partial charge in [0.25, 0.3) is 0 Å². The number of thioether (sulfide) groups is 1. The minimum absolute atomic E-state index is 0.965. The van der Waals surface area contributed by atoms with Crippen LogP contribution in [0.3, 0.4) is 0 Å². The molecule has 0 N–H and O–H groups in total. The summed E-state index contributed by atoms with van der Waals surface area (Å²) in [7, 11) is 0. The van der Waals surface area contributed by atoms with Crippen LogP contribution in [0.1, 0.15) is 32.1 Å². The molecule has 0 amide bonds. The van der Waals surface area contributed by atoms with Gasteiger partial charge in [0.1, 0.15) is 0 Å². The Morgan fingerprint density at radius 2 is 1.73 bits per heavy atom. The van der Waals surface area contributed by atoms with E-state index >= 15 is 0 Å². The predicted octanol–water partition coefficient (Wildman–Crippen LogP) is 5.12. The number of hydrogen-bond acceptors (Lipinski definition) is 1. The molecule has 1 aromatic carbocycles. The van der Waals surface area contributed by atoms with Crippen LogP contribution in [-0.4, -0.2) is 5.75 Å². The summed E-state index contributed by atoms with van der Waals surface area (Å²) in [4.78, 5) is 1.41. The van der Waals surface area contributed by atoms with Gasteiger partial charge in [-0.3, -0.25) is 0 Å². The highest BCUT2D eigenvalue weighted by atomic mass is 79.9. The summed E-state index contributed by atoms with van der Waals surface area (Å²) in [6, 6.07) is 8.67. The van der Waals surface area contributed by atoms with E-state index in [4.69, 9.17) is 0 Å².